The molecule has 3 aromatic carbocycles. The molecule has 1 amide bonds. The van der Waals surface area contributed by atoms with Gasteiger partial charge >= 0.3 is 0 Å². The van der Waals surface area contributed by atoms with Gasteiger partial charge in [0.25, 0.3) is 5.91 Å². The number of amides is 1. The number of anilines is 1. The number of ketones is 1. The number of carbonyl (C=O) groups excluding carboxylic acids is 2. The summed E-state index contributed by atoms with van der Waals surface area (Å²) in [6, 6.07) is 13.9. The highest BCUT2D eigenvalue weighted by Gasteiger charge is 2.28. The smallest absolute Gasteiger partial charge is 0.259 e. The second-order valence-electron chi connectivity index (χ2n) is 6.88. The first-order valence-electron chi connectivity index (χ1n) is 9.31. The van der Waals surface area contributed by atoms with Crippen molar-refractivity contribution in [3.05, 3.63) is 106 Å². The quantitative estimate of drug-likeness (QED) is 0.366. The normalized spacial score (nSPS) is 14.0. The lowest BCUT2D eigenvalue weighted by molar-refractivity contribution is -0.112. The molecule has 0 saturated heterocycles. The SMILES string of the molecule is O=C1Nc2ccc(C#CCc3ccc(F)cc3)cc2C(=O)/C1=C\c1ccc(F)c(F)c1. The fourth-order valence-electron chi connectivity index (χ4n) is 3.11. The predicted octanol–water partition coefficient (Wildman–Crippen LogP) is 4.92. The molecule has 0 atom stereocenters. The summed E-state index contributed by atoms with van der Waals surface area (Å²) in [6.07, 6.45) is 1.62. The lowest BCUT2D eigenvalue weighted by atomic mass is 9.93. The Balaban J connectivity index is 1.60. The zero-order valence-corrected chi connectivity index (χ0v) is 16.0. The topological polar surface area (TPSA) is 46.2 Å². The summed E-state index contributed by atoms with van der Waals surface area (Å²) in [5, 5.41) is 2.62. The van der Waals surface area contributed by atoms with Crippen molar-refractivity contribution in [1.82, 2.24) is 0 Å². The van der Waals surface area contributed by atoms with Gasteiger partial charge in [0.05, 0.1) is 11.3 Å². The van der Waals surface area contributed by atoms with E-state index in [1.54, 1.807) is 30.3 Å². The van der Waals surface area contributed by atoms with Crippen LogP contribution in [0.1, 0.15) is 27.0 Å². The Morgan fingerprint density at radius 3 is 2.39 bits per heavy atom. The molecule has 0 fully saturated rings. The molecule has 4 rings (SSSR count). The van der Waals surface area contributed by atoms with Crippen molar-refractivity contribution in [3.8, 4) is 11.8 Å². The van der Waals surface area contributed by atoms with Gasteiger partial charge in [-0.2, -0.15) is 0 Å². The Bertz CT molecular complexity index is 1300. The maximum atomic E-state index is 13.5. The van der Waals surface area contributed by atoms with E-state index < -0.39 is 23.3 Å². The van der Waals surface area contributed by atoms with E-state index in [9.17, 15) is 22.8 Å². The Morgan fingerprint density at radius 1 is 0.871 bits per heavy atom. The number of halogens is 3. The first-order valence-corrected chi connectivity index (χ1v) is 9.31. The summed E-state index contributed by atoms with van der Waals surface area (Å²) in [5.41, 5.74) is 2.03. The molecule has 0 bridgehead atoms. The fraction of sp³-hybridized carbons (Fsp3) is 0.0400. The second kappa shape index (κ2) is 8.33. The molecule has 0 spiro atoms. The van der Waals surface area contributed by atoms with Crippen molar-refractivity contribution < 1.29 is 22.8 Å². The summed E-state index contributed by atoms with van der Waals surface area (Å²) in [4.78, 5) is 25.2. The molecule has 152 valence electrons. The monoisotopic (exact) mass is 417 g/mol. The van der Waals surface area contributed by atoms with Crippen molar-refractivity contribution in [2.45, 2.75) is 6.42 Å². The lowest BCUT2D eigenvalue weighted by Gasteiger charge is -2.18. The van der Waals surface area contributed by atoms with E-state index in [0.29, 0.717) is 17.7 Å². The van der Waals surface area contributed by atoms with Gasteiger partial charge in [0.1, 0.15) is 5.82 Å². The summed E-state index contributed by atoms with van der Waals surface area (Å²) in [5.74, 6) is 2.34. The van der Waals surface area contributed by atoms with E-state index in [1.165, 1.54) is 24.3 Å². The predicted molar refractivity (Wildman–Crippen MR) is 111 cm³/mol. The van der Waals surface area contributed by atoms with Crippen LogP contribution in [0.25, 0.3) is 6.08 Å². The molecule has 0 aromatic heterocycles. The van der Waals surface area contributed by atoms with Crippen molar-refractivity contribution >= 4 is 23.5 Å². The number of benzene rings is 3. The third kappa shape index (κ3) is 4.41. The average molecular weight is 417 g/mol. The molecule has 1 aliphatic rings. The van der Waals surface area contributed by atoms with E-state index in [-0.39, 0.29) is 22.5 Å². The van der Waals surface area contributed by atoms with Crippen LogP contribution >= 0.6 is 0 Å². The minimum absolute atomic E-state index is 0.185. The number of hydrogen-bond donors (Lipinski definition) is 1. The molecular weight excluding hydrogens is 403 g/mol. The summed E-state index contributed by atoms with van der Waals surface area (Å²) in [6.45, 7) is 0. The maximum Gasteiger partial charge on any atom is 0.259 e. The van der Waals surface area contributed by atoms with E-state index in [0.717, 1.165) is 17.7 Å². The van der Waals surface area contributed by atoms with E-state index in [2.05, 4.69) is 17.2 Å². The zero-order chi connectivity index (χ0) is 22.0. The number of hydrogen-bond acceptors (Lipinski definition) is 2. The first-order chi connectivity index (χ1) is 14.9. The number of rotatable bonds is 2. The van der Waals surface area contributed by atoms with Crippen LogP contribution in [0.4, 0.5) is 18.9 Å². The fourth-order valence-corrected chi connectivity index (χ4v) is 3.11. The highest BCUT2D eigenvalue weighted by Crippen LogP contribution is 2.27. The summed E-state index contributed by atoms with van der Waals surface area (Å²) in [7, 11) is 0. The minimum atomic E-state index is -1.07. The van der Waals surface area contributed by atoms with Gasteiger partial charge in [-0.3, -0.25) is 9.59 Å². The van der Waals surface area contributed by atoms with E-state index in [4.69, 9.17) is 0 Å². The van der Waals surface area contributed by atoms with E-state index >= 15 is 0 Å². The Morgan fingerprint density at radius 2 is 1.65 bits per heavy atom. The van der Waals surface area contributed by atoms with Gasteiger partial charge in [-0.1, -0.05) is 30.0 Å². The third-order valence-corrected chi connectivity index (χ3v) is 4.69. The second-order valence-corrected chi connectivity index (χ2v) is 6.88. The molecule has 0 unspecified atom stereocenters. The van der Waals surface area contributed by atoms with Gasteiger partial charge < -0.3 is 5.32 Å². The Kier molecular flexibility index (Phi) is 5.42. The number of nitrogens with one attached hydrogen (secondary N) is 1. The van der Waals surface area contributed by atoms with E-state index in [1.807, 2.05) is 0 Å². The van der Waals surface area contributed by atoms with Crippen molar-refractivity contribution in [1.29, 1.82) is 0 Å². The molecule has 6 heteroatoms. The molecule has 3 aromatic rings. The summed E-state index contributed by atoms with van der Waals surface area (Å²) < 4.78 is 39.6. The van der Waals surface area contributed by atoms with Crippen molar-refractivity contribution in [3.63, 3.8) is 0 Å². The zero-order valence-electron chi connectivity index (χ0n) is 16.0. The first kappa shape index (κ1) is 20.2. The van der Waals surface area contributed by atoms with Crippen LogP contribution in [-0.2, 0) is 11.2 Å². The average Bonchev–Trinajstić information content (AvgIpc) is 2.75. The minimum Gasteiger partial charge on any atom is -0.321 e. The van der Waals surface area contributed by atoms with Gasteiger partial charge in [-0.15, -0.1) is 0 Å². The van der Waals surface area contributed by atoms with Gasteiger partial charge in [-0.25, -0.2) is 13.2 Å². The Hall–Kier alpha value is -4.11. The largest absolute Gasteiger partial charge is 0.321 e. The standard InChI is InChI=1S/C25H14F3NO2/c26-18-8-4-15(5-9-18)2-1-3-16-7-11-23-19(12-16)24(30)20(25(31)29-23)13-17-6-10-21(27)22(28)14-17/h4-14H,2H2,(H,29,31)/b20-13+. The highest BCUT2D eigenvalue weighted by molar-refractivity contribution is 6.36. The molecule has 3 nitrogen and oxygen atoms in total. The highest BCUT2D eigenvalue weighted by atomic mass is 19.2. The van der Waals surface area contributed by atoms with Crippen LogP contribution in [0.3, 0.4) is 0 Å². The van der Waals surface area contributed by atoms with Gasteiger partial charge in [0.15, 0.2) is 11.6 Å². The van der Waals surface area contributed by atoms with Crippen molar-refractivity contribution in [2.24, 2.45) is 0 Å². The number of Topliss-reactive ketones (excluding diaryl/α,β-unsaturated/α-hetero) is 1. The molecule has 1 heterocycles. The molecular formula is C25H14F3NO2. The van der Waals surface area contributed by atoms with Crippen LogP contribution < -0.4 is 5.32 Å². The molecule has 1 aliphatic heterocycles. The van der Waals surface area contributed by atoms with Crippen LogP contribution in [0.2, 0.25) is 0 Å². The molecule has 0 aliphatic carbocycles. The lowest BCUT2D eigenvalue weighted by Crippen LogP contribution is -2.27. The molecule has 31 heavy (non-hydrogen) atoms. The molecule has 1 N–H and O–H groups in total. The van der Waals surface area contributed by atoms with Gasteiger partial charge in [0.2, 0.25) is 5.78 Å². The van der Waals surface area contributed by atoms with Crippen LogP contribution in [0.15, 0.2) is 66.2 Å². The summed E-state index contributed by atoms with van der Waals surface area (Å²) >= 11 is 0. The van der Waals surface area contributed by atoms with Gasteiger partial charge in [0, 0.05) is 17.5 Å². The van der Waals surface area contributed by atoms with Crippen LogP contribution in [-0.4, -0.2) is 11.7 Å². The molecule has 0 saturated carbocycles. The van der Waals surface area contributed by atoms with Gasteiger partial charge in [-0.05, 0) is 59.7 Å². The number of fused-ring (bicyclic) bond motifs is 1. The number of carbonyl (C=O) groups is 2. The van der Waals surface area contributed by atoms with Crippen molar-refractivity contribution in [2.75, 3.05) is 5.32 Å². The third-order valence-electron chi connectivity index (χ3n) is 4.69. The van der Waals surface area contributed by atoms with Crippen LogP contribution in [0.5, 0.6) is 0 Å². The van der Waals surface area contributed by atoms with Crippen LogP contribution in [0, 0.1) is 29.3 Å². The Labute approximate surface area is 176 Å². The molecule has 0 radical (unpaired) electrons. The maximum absolute atomic E-state index is 13.5.